The average Bonchev–Trinajstić information content (AvgIpc) is 2.43. The number of nitrogens with zero attached hydrogens (tertiary/aromatic N) is 1. The first-order valence-corrected chi connectivity index (χ1v) is 5.47. The molecule has 0 radical (unpaired) electrons. The molecule has 0 atom stereocenters. The Hall–Kier alpha value is -0.870. The number of hydrogen-bond acceptors (Lipinski definition) is 4. The van der Waals surface area contributed by atoms with Crippen molar-refractivity contribution in [1.82, 2.24) is 10.3 Å². The highest BCUT2D eigenvalue weighted by molar-refractivity contribution is 5.05. The summed E-state index contributed by atoms with van der Waals surface area (Å²) >= 11 is 0. The first kappa shape index (κ1) is 10.6. The third kappa shape index (κ3) is 2.58. The molecule has 1 aromatic heterocycles. The van der Waals surface area contributed by atoms with Crippen LogP contribution in [0.15, 0.2) is 4.42 Å². The van der Waals surface area contributed by atoms with Gasteiger partial charge in [-0.15, -0.1) is 0 Å². The van der Waals surface area contributed by atoms with E-state index in [9.17, 15) is 0 Å². The zero-order valence-corrected chi connectivity index (χ0v) is 9.29. The van der Waals surface area contributed by atoms with E-state index in [2.05, 4.69) is 10.3 Å². The number of rotatable bonds is 4. The van der Waals surface area contributed by atoms with E-state index in [0.29, 0.717) is 12.5 Å². The summed E-state index contributed by atoms with van der Waals surface area (Å²) in [7, 11) is 0. The molecular formula is C11H18N2O2. The minimum atomic E-state index is -0.0666. The molecule has 1 heterocycles. The normalized spacial score (nSPS) is 25.3. The van der Waals surface area contributed by atoms with Gasteiger partial charge in [-0.05, 0) is 39.2 Å². The number of nitrogens with one attached hydrogen (secondary N) is 1. The minimum absolute atomic E-state index is 0.0666. The molecule has 0 bridgehead atoms. The SMILES string of the molecule is Cc1nc(CNCC2CC(O)C2)oc1C. The molecule has 4 nitrogen and oxygen atoms in total. The minimum Gasteiger partial charge on any atom is -0.444 e. The molecule has 1 aliphatic rings. The second-order valence-electron chi connectivity index (χ2n) is 4.37. The van der Waals surface area contributed by atoms with Gasteiger partial charge < -0.3 is 14.8 Å². The van der Waals surface area contributed by atoms with Gasteiger partial charge >= 0.3 is 0 Å². The van der Waals surface area contributed by atoms with Gasteiger partial charge in [-0.1, -0.05) is 0 Å². The van der Waals surface area contributed by atoms with Gasteiger partial charge in [-0.3, -0.25) is 0 Å². The van der Waals surface area contributed by atoms with E-state index in [4.69, 9.17) is 9.52 Å². The van der Waals surface area contributed by atoms with Gasteiger partial charge in [0.1, 0.15) is 5.76 Å². The van der Waals surface area contributed by atoms with Crippen LogP contribution in [0.4, 0.5) is 0 Å². The van der Waals surface area contributed by atoms with Gasteiger partial charge in [0.2, 0.25) is 5.89 Å². The van der Waals surface area contributed by atoms with Gasteiger partial charge in [-0.2, -0.15) is 0 Å². The number of hydrogen-bond donors (Lipinski definition) is 2. The zero-order valence-electron chi connectivity index (χ0n) is 9.29. The molecule has 4 heteroatoms. The zero-order chi connectivity index (χ0) is 10.8. The molecule has 0 aromatic carbocycles. The Bertz CT molecular complexity index is 310. The molecule has 0 amide bonds. The molecule has 1 aromatic rings. The summed E-state index contributed by atoms with van der Waals surface area (Å²) in [6.07, 6.45) is 1.79. The summed E-state index contributed by atoms with van der Waals surface area (Å²) in [6, 6.07) is 0. The molecule has 2 N–H and O–H groups in total. The first-order chi connectivity index (χ1) is 7.15. The van der Waals surface area contributed by atoms with E-state index in [1.54, 1.807) is 0 Å². The fourth-order valence-electron chi connectivity index (χ4n) is 1.87. The maximum absolute atomic E-state index is 9.12. The van der Waals surface area contributed by atoms with Crippen molar-refractivity contribution >= 4 is 0 Å². The van der Waals surface area contributed by atoms with Crippen molar-refractivity contribution in [2.45, 2.75) is 39.3 Å². The molecule has 1 aliphatic carbocycles. The predicted molar refractivity (Wildman–Crippen MR) is 56.4 cm³/mol. The molecule has 2 rings (SSSR count). The smallest absolute Gasteiger partial charge is 0.208 e. The second-order valence-corrected chi connectivity index (χ2v) is 4.37. The van der Waals surface area contributed by atoms with E-state index in [-0.39, 0.29) is 6.10 Å². The van der Waals surface area contributed by atoms with Crippen LogP contribution < -0.4 is 5.32 Å². The third-order valence-corrected chi connectivity index (χ3v) is 2.99. The quantitative estimate of drug-likeness (QED) is 0.782. The molecule has 0 aliphatic heterocycles. The van der Waals surface area contributed by atoms with Crippen LogP contribution in [0.3, 0.4) is 0 Å². The van der Waals surface area contributed by atoms with E-state index in [1.165, 1.54) is 0 Å². The Morgan fingerprint density at radius 2 is 2.20 bits per heavy atom. The standard InChI is InChI=1S/C11H18N2O2/c1-7-8(2)15-11(13-7)6-12-5-9-3-10(14)4-9/h9-10,12,14H,3-6H2,1-2H3. The van der Waals surface area contributed by atoms with Crippen LogP contribution in [0.1, 0.15) is 30.2 Å². The van der Waals surface area contributed by atoms with Crippen LogP contribution in [-0.2, 0) is 6.54 Å². The summed E-state index contributed by atoms with van der Waals surface area (Å²) in [6.45, 7) is 5.50. The molecule has 0 unspecified atom stereocenters. The molecule has 0 spiro atoms. The maximum Gasteiger partial charge on any atom is 0.208 e. The van der Waals surface area contributed by atoms with Crippen molar-refractivity contribution in [3.05, 3.63) is 17.3 Å². The number of aliphatic hydroxyl groups excluding tert-OH is 1. The number of aryl methyl sites for hydroxylation is 2. The molecule has 1 fully saturated rings. The summed E-state index contributed by atoms with van der Waals surface area (Å²) in [5, 5.41) is 12.4. The molecule has 15 heavy (non-hydrogen) atoms. The van der Waals surface area contributed by atoms with Gasteiger partial charge in [0.05, 0.1) is 18.3 Å². The maximum atomic E-state index is 9.12. The van der Waals surface area contributed by atoms with Gasteiger partial charge in [0, 0.05) is 0 Å². The van der Waals surface area contributed by atoms with Crippen molar-refractivity contribution in [2.24, 2.45) is 5.92 Å². The first-order valence-electron chi connectivity index (χ1n) is 5.47. The van der Waals surface area contributed by atoms with E-state index in [1.807, 2.05) is 13.8 Å². The van der Waals surface area contributed by atoms with Crippen LogP contribution in [0, 0.1) is 19.8 Å². The number of aromatic nitrogens is 1. The Labute approximate surface area is 89.7 Å². The Morgan fingerprint density at radius 3 is 2.73 bits per heavy atom. The van der Waals surface area contributed by atoms with Crippen molar-refractivity contribution in [3.8, 4) is 0 Å². The summed E-state index contributed by atoms with van der Waals surface area (Å²) in [5.41, 5.74) is 0.964. The third-order valence-electron chi connectivity index (χ3n) is 2.99. The topological polar surface area (TPSA) is 58.3 Å². The van der Waals surface area contributed by atoms with Gasteiger partial charge in [-0.25, -0.2) is 4.98 Å². The molecule has 84 valence electrons. The van der Waals surface area contributed by atoms with Crippen LogP contribution in [0.5, 0.6) is 0 Å². The average molecular weight is 210 g/mol. The number of aliphatic hydroxyl groups is 1. The summed E-state index contributed by atoms with van der Waals surface area (Å²) in [5.74, 6) is 2.27. The highest BCUT2D eigenvalue weighted by Gasteiger charge is 2.26. The van der Waals surface area contributed by atoms with Crippen LogP contribution in [0.2, 0.25) is 0 Å². The lowest BCUT2D eigenvalue weighted by atomic mass is 9.82. The van der Waals surface area contributed by atoms with Gasteiger partial charge in [0.15, 0.2) is 0 Å². The lowest BCUT2D eigenvalue weighted by Gasteiger charge is -2.31. The van der Waals surface area contributed by atoms with Crippen LogP contribution >= 0.6 is 0 Å². The van der Waals surface area contributed by atoms with Crippen LogP contribution in [0.25, 0.3) is 0 Å². The van der Waals surface area contributed by atoms with E-state index in [0.717, 1.165) is 36.7 Å². The lowest BCUT2D eigenvalue weighted by Crippen LogP contribution is -2.35. The van der Waals surface area contributed by atoms with Crippen molar-refractivity contribution in [2.75, 3.05) is 6.54 Å². The summed E-state index contributed by atoms with van der Waals surface area (Å²) < 4.78 is 5.45. The largest absolute Gasteiger partial charge is 0.444 e. The molecular weight excluding hydrogens is 192 g/mol. The second kappa shape index (κ2) is 4.33. The van der Waals surface area contributed by atoms with Crippen molar-refractivity contribution in [3.63, 3.8) is 0 Å². The highest BCUT2D eigenvalue weighted by Crippen LogP contribution is 2.26. The number of oxazole rings is 1. The molecule has 0 saturated heterocycles. The van der Waals surface area contributed by atoms with Crippen molar-refractivity contribution < 1.29 is 9.52 Å². The lowest BCUT2D eigenvalue weighted by molar-refractivity contribution is 0.0427. The fourth-order valence-corrected chi connectivity index (χ4v) is 1.87. The Balaban J connectivity index is 1.69. The van der Waals surface area contributed by atoms with Gasteiger partial charge in [0.25, 0.3) is 0 Å². The van der Waals surface area contributed by atoms with Crippen molar-refractivity contribution in [1.29, 1.82) is 0 Å². The van der Waals surface area contributed by atoms with Crippen LogP contribution in [-0.4, -0.2) is 22.7 Å². The summed E-state index contributed by atoms with van der Waals surface area (Å²) in [4.78, 5) is 4.29. The Kier molecular flexibility index (Phi) is 3.07. The monoisotopic (exact) mass is 210 g/mol. The fraction of sp³-hybridized carbons (Fsp3) is 0.727. The molecule has 1 saturated carbocycles. The van der Waals surface area contributed by atoms with E-state index >= 15 is 0 Å². The predicted octanol–water partition coefficient (Wildman–Crippen LogP) is 1.15. The Morgan fingerprint density at radius 1 is 1.47 bits per heavy atom. The highest BCUT2D eigenvalue weighted by atomic mass is 16.4. The van der Waals surface area contributed by atoms with E-state index < -0.39 is 0 Å².